The smallest absolute Gasteiger partial charge is 0.304 e. The third-order valence-electron chi connectivity index (χ3n) is 7.08. The number of carbonyl (C=O) groups is 2. The van der Waals surface area contributed by atoms with Gasteiger partial charge in [-0.25, -0.2) is 0 Å². The number of carboxylic acid groups (broad SMARTS) is 1. The van der Waals surface area contributed by atoms with Gasteiger partial charge in [0.2, 0.25) is 5.91 Å². The lowest BCUT2D eigenvalue weighted by Gasteiger charge is -2.35. The van der Waals surface area contributed by atoms with Crippen LogP contribution in [0.15, 0.2) is 22.7 Å². The van der Waals surface area contributed by atoms with Gasteiger partial charge < -0.3 is 14.9 Å². The number of rotatable bonds is 10. The van der Waals surface area contributed by atoms with Gasteiger partial charge in [-0.15, -0.1) is 0 Å². The van der Waals surface area contributed by atoms with E-state index in [2.05, 4.69) is 24.3 Å². The molecule has 2 fully saturated rings. The van der Waals surface area contributed by atoms with Crippen molar-refractivity contribution in [2.24, 2.45) is 11.8 Å². The Hall–Kier alpha value is -2.63. The molecule has 2 N–H and O–H groups in total. The molecular formula is C27H36N2O4. The number of hydrogen-bond acceptors (Lipinski definition) is 4. The Morgan fingerprint density at radius 1 is 1.15 bits per heavy atom. The standard InChI is InChI=1S/C27H36N2O4/c1-15(2)9-18-11-21(12-18)27-25(19-6-7-19)26(29-33-27)20(14-24(31)32)13-23(30)28-22-8-5-16(3)10-17(22)4/h5,8,10,15,18-21H,6-7,9,11-14H2,1-4H3,(H,28,30)(H,31,32)/t18?,20-,21?/m0/s1. The lowest BCUT2D eigenvalue weighted by atomic mass is 9.69. The molecule has 33 heavy (non-hydrogen) atoms. The molecule has 2 aromatic rings. The number of nitrogens with one attached hydrogen (secondary N) is 1. The zero-order valence-electron chi connectivity index (χ0n) is 20.2. The molecule has 2 aliphatic carbocycles. The lowest BCUT2D eigenvalue weighted by Crippen LogP contribution is -2.24. The highest BCUT2D eigenvalue weighted by molar-refractivity contribution is 5.92. The van der Waals surface area contributed by atoms with Crippen molar-refractivity contribution in [3.63, 3.8) is 0 Å². The normalized spacial score (nSPS) is 21.0. The summed E-state index contributed by atoms with van der Waals surface area (Å²) in [4.78, 5) is 24.6. The molecule has 0 radical (unpaired) electrons. The number of aryl methyl sites for hydroxylation is 2. The van der Waals surface area contributed by atoms with Crippen molar-refractivity contribution >= 4 is 17.6 Å². The van der Waals surface area contributed by atoms with E-state index in [1.54, 1.807) is 0 Å². The monoisotopic (exact) mass is 452 g/mol. The Morgan fingerprint density at radius 2 is 1.88 bits per heavy atom. The first-order chi connectivity index (χ1) is 15.7. The zero-order valence-corrected chi connectivity index (χ0v) is 20.2. The Bertz CT molecular complexity index is 1020. The maximum Gasteiger partial charge on any atom is 0.304 e. The van der Waals surface area contributed by atoms with Crippen molar-refractivity contribution in [1.82, 2.24) is 5.16 Å². The predicted octanol–water partition coefficient (Wildman–Crippen LogP) is 6.30. The molecule has 2 saturated carbocycles. The van der Waals surface area contributed by atoms with E-state index in [1.165, 1.54) is 6.42 Å². The second-order valence-electron chi connectivity index (χ2n) is 10.6. The van der Waals surface area contributed by atoms with Gasteiger partial charge in [0.25, 0.3) is 0 Å². The largest absolute Gasteiger partial charge is 0.481 e. The van der Waals surface area contributed by atoms with Crippen LogP contribution in [-0.2, 0) is 9.59 Å². The van der Waals surface area contributed by atoms with Gasteiger partial charge in [0.1, 0.15) is 5.76 Å². The van der Waals surface area contributed by atoms with E-state index >= 15 is 0 Å². The van der Waals surface area contributed by atoms with E-state index in [4.69, 9.17) is 4.52 Å². The molecule has 1 amide bonds. The number of nitrogens with zero attached hydrogens (tertiary/aromatic N) is 1. The topological polar surface area (TPSA) is 92.4 Å². The number of carboxylic acids is 1. The van der Waals surface area contributed by atoms with Crippen molar-refractivity contribution < 1.29 is 19.2 Å². The highest BCUT2D eigenvalue weighted by Gasteiger charge is 2.42. The van der Waals surface area contributed by atoms with Crippen LogP contribution < -0.4 is 5.32 Å². The summed E-state index contributed by atoms with van der Waals surface area (Å²) in [5, 5.41) is 16.9. The minimum absolute atomic E-state index is 0.0753. The van der Waals surface area contributed by atoms with Crippen molar-refractivity contribution in [3.05, 3.63) is 46.3 Å². The second-order valence-corrected chi connectivity index (χ2v) is 10.6. The van der Waals surface area contributed by atoms with Crippen LogP contribution in [0, 0.1) is 25.7 Å². The molecule has 1 aromatic heterocycles. The summed E-state index contributed by atoms with van der Waals surface area (Å²) < 4.78 is 5.87. The average molecular weight is 453 g/mol. The zero-order chi connectivity index (χ0) is 23.7. The third-order valence-corrected chi connectivity index (χ3v) is 7.08. The number of aromatic nitrogens is 1. The molecule has 0 bridgehead atoms. The summed E-state index contributed by atoms with van der Waals surface area (Å²) in [7, 11) is 0. The van der Waals surface area contributed by atoms with Crippen LogP contribution in [0.25, 0.3) is 0 Å². The summed E-state index contributed by atoms with van der Waals surface area (Å²) in [5.74, 6) is 1.54. The average Bonchev–Trinajstić information content (AvgIpc) is 3.44. The Balaban J connectivity index is 1.52. The van der Waals surface area contributed by atoms with Crippen molar-refractivity contribution in [2.45, 2.75) is 90.4 Å². The molecule has 178 valence electrons. The summed E-state index contributed by atoms with van der Waals surface area (Å²) in [6.45, 7) is 8.48. The van der Waals surface area contributed by atoms with Crippen molar-refractivity contribution in [1.29, 1.82) is 0 Å². The fourth-order valence-electron chi connectivity index (χ4n) is 5.36. The van der Waals surface area contributed by atoms with Gasteiger partial charge in [-0.1, -0.05) is 36.7 Å². The van der Waals surface area contributed by atoms with Gasteiger partial charge >= 0.3 is 5.97 Å². The number of aliphatic carboxylic acids is 1. The van der Waals surface area contributed by atoms with E-state index in [-0.39, 0.29) is 18.7 Å². The Kier molecular flexibility index (Phi) is 6.91. The minimum Gasteiger partial charge on any atom is -0.481 e. The molecule has 0 unspecified atom stereocenters. The predicted molar refractivity (Wildman–Crippen MR) is 128 cm³/mol. The van der Waals surface area contributed by atoms with Crippen LogP contribution in [0.1, 0.15) is 105 Å². The van der Waals surface area contributed by atoms with E-state index in [0.29, 0.717) is 23.4 Å². The molecule has 6 nitrogen and oxygen atoms in total. The molecule has 1 atom stereocenters. The summed E-state index contributed by atoms with van der Waals surface area (Å²) in [6.07, 6.45) is 5.57. The fraction of sp³-hybridized carbons (Fsp3) is 0.593. The van der Waals surface area contributed by atoms with Crippen LogP contribution in [-0.4, -0.2) is 22.1 Å². The molecule has 0 spiro atoms. The van der Waals surface area contributed by atoms with E-state index < -0.39 is 11.9 Å². The number of anilines is 1. The Labute approximate surface area is 196 Å². The first kappa shape index (κ1) is 23.5. The van der Waals surface area contributed by atoms with Crippen molar-refractivity contribution in [3.8, 4) is 0 Å². The summed E-state index contributed by atoms with van der Waals surface area (Å²) in [5.41, 5.74) is 4.67. The van der Waals surface area contributed by atoms with Crippen LogP contribution in [0.2, 0.25) is 0 Å². The number of carbonyl (C=O) groups excluding carboxylic acids is 1. The van der Waals surface area contributed by atoms with Crippen LogP contribution >= 0.6 is 0 Å². The van der Waals surface area contributed by atoms with Crippen LogP contribution in [0.4, 0.5) is 5.69 Å². The summed E-state index contributed by atoms with van der Waals surface area (Å²) >= 11 is 0. The van der Waals surface area contributed by atoms with Gasteiger partial charge in [-0.3, -0.25) is 9.59 Å². The van der Waals surface area contributed by atoms with Crippen LogP contribution in [0.3, 0.4) is 0 Å². The maximum atomic E-state index is 12.9. The SMILES string of the molecule is Cc1ccc(NC(=O)C[C@@H](CC(=O)O)c2noc(C3CC(CC(C)C)C3)c2C2CC2)c(C)c1. The van der Waals surface area contributed by atoms with Gasteiger partial charge in [0.15, 0.2) is 0 Å². The highest BCUT2D eigenvalue weighted by Crippen LogP contribution is 2.52. The van der Waals surface area contributed by atoms with E-state index in [9.17, 15) is 14.7 Å². The molecule has 6 heteroatoms. The quantitative estimate of drug-likeness (QED) is 0.441. The van der Waals surface area contributed by atoms with Gasteiger partial charge in [-0.05, 0) is 75.3 Å². The molecule has 0 saturated heterocycles. The maximum absolute atomic E-state index is 12.9. The molecule has 1 aromatic carbocycles. The molecule has 0 aliphatic heterocycles. The van der Waals surface area contributed by atoms with E-state index in [1.807, 2.05) is 32.0 Å². The molecule has 2 aliphatic rings. The fourth-order valence-corrected chi connectivity index (χ4v) is 5.36. The molecular weight excluding hydrogens is 416 g/mol. The van der Waals surface area contributed by atoms with Gasteiger partial charge in [0.05, 0.1) is 12.1 Å². The second kappa shape index (κ2) is 9.70. The molecule has 4 rings (SSSR count). The van der Waals surface area contributed by atoms with Gasteiger partial charge in [0, 0.05) is 29.5 Å². The van der Waals surface area contributed by atoms with E-state index in [0.717, 1.165) is 59.7 Å². The number of benzene rings is 1. The van der Waals surface area contributed by atoms with Crippen LogP contribution in [0.5, 0.6) is 0 Å². The highest BCUT2D eigenvalue weighted by atomic mass is 16.5. The summed E-state index contributed by atoms with van der Waals surface area (Å²) in [6, 6.07) is 5.87. The van der Waals surface area contributed by atoms with Crippen molar-refractivity contribution in [2.75, 3.05) is 5.32 Å². The molecule has 1 heterocycles. The minimum atomic E-state index is -0.925. The number of amides is 1. The number of hydrogen-bond donors (Lipinski definition) is 2. The van der Waals surface area contributed by atoms with Gasteiger partial charge in [-0.2, -0.15) is 0 Å². The first-order valence-corrected chi connectivity index (χ1v) is 12.3. The third kappa shape index (κ3) is 5.66. The first-order valence-electron chi connectivity index (χ1n) is 12.3. The lowest BCUT2D eigenvalue weighted by molar-refractivity contribution is -0.137. The Morgan fingerprint density at radius 3 is 2.48 bits per heavy atom.